The number of hydrogen-bond acceptors (Lipinski definition) is 3. The molecule has 0 saturated heterocycles. The van der Waals surface area contributed by atoms with Crippen LogP contribution in [0.25, 0.3) is 0 Å². The summed E-state index contributed by atoms with van der Waals surface area (Å²) < 4.78 is 1.41. The van der Waals surface area contributed by atoms with Crippen LogP contribution in [0.5, 0.6) is 5.75 Å². The number of fused-ring (bicyclic) bond motifs is 3. The van der Waals surface area contributed by atoms with Crippen molar-refractivity contribution in [2.75, 3.05) is 0 Å². The SMILES string of the molecule is O=c1c(O)ccc2n1C1(O)CCCCC1C2. The molecule has 4 nitrogen and oxygen atoms in total. The number of aromatic nitrogens is 1. The molecule has 4 heteroatoms. The summed E-state index contributed by atoms with van der Waals surface area (Å²) in [5.41, 5.74) is -0.662. The third kappa shape index (κ3) is 1.11. The lowest BCUT2D eigenvalue weighted by Crippen LogP contribution is -2.44. The third-order valence-electron chi connectivity index (χ3n) is 3.99. The molecule has 0 aromatic carbocycles. The molecule has 0 radical (unpaired) electrons. The Kier molecular flexibility index (Phi) is 1.92. The van der Waals surface area contributed by atoms with Gasteiger partial charge in [-0.3, -0.25) is 9.36 Å². The molecule has 1 saturated carbocycles. The zero-order valence-corrected chi connectivity index (χ0v) is 9.02. The predicted molar refractivity (Wildman–Crippen MR) is 58.2 cm³/mol. The normalized spacial score (nSPS) is 32.2. The van der Waals surface area contributed by atoms with Crippen LogP contribution in [0.2, 0.25) is 0 Å². The van der Waals surface area contributed by atoms with Gasteiger partial charge < -0.3 is 10.2 Å². The Balaban J connectivity index is 2.22. The summed E-state index contributed by atoms with van der Waals surface area (Å²) in [5.74, 6) is -0.140. The van der Waals surface area contributed by atoms with E-state index in [1.54, 1.807) is 6.07 Å². The molecule has 1 aliphatic carbocycles. The Bertz CT molecular complexity index is 494. The lowest BCUT2D eigenvalue weighted by molar-refractivity contribution is -0.101. The highest BCUT2D eigenvalue weighted by Gasteiger charge is 2.47. The Morgan fingerprint density at radius 3 is 3.00 bits per heavy atom. The molecule has 3 rings (SSSR count). The van der Waals surface area contributed by atoms with Crippen molar-refractivity contribution in [3.8, 4) is 5.75 Å². The molecule has 2 aliphatic rings. The average molecular weight is 221 g/mol. The molecule has 1 aliphatic heterocycles. The molecule has 2 N–H and O–H groups in total. The van der Waals surface area contributed by atoms with Gasteiger partial charge in [-0.25, -0.2) is 0 Å². The smallest absolute Gasteiger partial charge is 0.295 e. The van der Waals surface area contributed by atoms with E-state index < -0.39 is 11.3 Å². The number of pyridine rings is 1. The lowest BCUT2D eigenvalue weighted by Gasteiger charge is -2.35. The van der Waals surface area contributed by atoms with Crippen LogP contribution in [-0.2, 0) is 12.1 Å². The van der Waals surface area contributed by atoms with Crippen LogP contribution in [0.3, 0.4) is 0 Å². The molecule has 0 bridgehead atoms. The minimum atomic E-state index is -1.05. The molecule has 16 heavy (non-hydrogen) atoms. The van der Waals surface area contributed by atoms with Crippen LogP contribution in [-0.4, -0.2) is 14.8 Å². The van der Waals surface area contributed by atoms with E-state index in [4.69, 9.17) is 0 Å². The number of aliphatic hydroxyl groups is 1. The van der Waals surface area contributed by atoms with E-state index in [1.807, 2.05) is 0 Å². The van der Waals surface area contributed by atoms with E-state index in [0.29, 0.717) is 6.42 Å². The Morgan fingerprint density at radius 1 is 1.38 bits per heavy atom. The molecule has 1 fully saturated rings. The third-order valence-corrected chi connectivity index (χ3v) is 3.99. The second-order valence-corrected chi connectivity index (χ2v) is 4.88. The maximum atomic E-state index is 11.9. The van der Waals surface area contributed by atoms with Gasteiger partial charge in [0, 0.05) is 11.6 Å². The van der Waals surface area contributed by atoms with Crippen molar-refractivity contribution in [3.05, 3.63) is 28.2 Å². The number of hydrogen-bond donors (Lipinski definition) is 2. The molecular weight excluding hydrogens is 206 g/mol. The summed E-state index contributed by atoms with van der Waals surface area (Å²) in [6, 6.07) is 3.17. The molecular formula is C12H15NO3. The van der Waals surface area contributed by atoms with Crippen LogP contribution in [0, 0.1) is 5.92 Å². The van der Waals surface area contributed by atoms with Crippen molar-refractivity contribution in [2.24, 2.45) is 5.92 Å². The van der Waals surface area contributed by atoms with Crippen LogP contribution >= 0.6 is 0 Å². The van der Waals surface area contributed by atoms with Crippen LogP contribution < -0.4 is 5.56 Å². The average Bonchev–Trinajstić information content (AvgIpc) is 2.56. The standard InChI is InChI=1S/C12H15NO3/c14-10-5-4-9-7-8-3-1-2-6-12(8,16)13(9)11(10)15/h4-5,8,14,16H,1-3,6-7H2. The highest BCUT2D eigenvalue weighted by atomic mass is 16.3. The Labute approximate surface area is 93.2 Å². The summed E-state index contributed by atoms with van der Waals surface area (Å²) in [4.78, 5) is 11.9. The van der Waals surface area contributed by atoms with Crippen molar-refractivity contribution in [1.29, 1.82) is 0 Å². The van der Waals surface area contributed by atoms with Gasteiger partial charge in [0.25, 0.3) is 5.56 Å². The predicted octanol–water partition coefficient (Wildman–Crippen LogP) is 0.945. The van der Waals surface area contributed by atoms with Gasteiger partial charge in [0.05, 0.1) is 0 Å². The Hall–Kier alpha value is -1.29. The van der Waals surface area contributed by atoms with Crippen molar-refractivity contribution in [2.45, 2.75) is 37.8 Å². The highest BCUT2D eigenvalue weighted by molar-refractivity contribution is 5.25. The van der Waals surface area contributed by atoms with Crippen molar-refractivity contribution < 1.29 is 10.2 Å². The number of aromatic hydroxyl groups is 1. The molecule has 2 heterocycles. The van der Waals surface area contributed by atoms with E-state index in [2.05, 4.69) is 0 Å². The van der Waals surface area contributed by atoms with Crippen molar-refractivity contribution in [3.63, 3.8) is 0 Å². The van der Waals surface area contributed by atoms with E-state index >= 15 is 0 Å². The van der Waals surface area contributed by atoms with E-state index in [-0.39, 0.29) is 11.7 Å². The van der Waals surface area contributed by atoms with Gasteiger partial charge in [0.1, 0.15) is 5.72 Å². The quantitative estimate of drug-likeness (QED) is 0.685. The molecule has 0 spiro atoms. The fourth-order valence-corrected chi connectivity index (χ4v) is 3.17. The first-order chi connectivity index (χ1) is 7.63. The van der Waals surface area contributed by atoms with E-state index in [0.717, 1.165) is 31.4 Å². The zero-order valence-electron chi connectivity index (χ0n) is 9.02. The summed E-state index contributed by atoms with van der Waals surface area (Å²) in [7, 11) is 0. The van der Waals surface area contributed by atoms with Crippen LogP contribution in [0.15, 0.2) is 16.9 Å². The maximum absolute atomic E-state index is 11.9. The lowest BCUT2D eigenvalue weighted by atomic mass is 9.81. The van der Waals surface area contributed by atoms with Gasteiger partial charge in [-0.2, -0.15) is 0 Å². The summed E-state index contributed by atoms with van der Waals surface area (Å²) in [6.45, 7) is 0. The minimum absolute atomic E-state index is 0.135. The van der Waals surface area contributed by atoms with E-state index in [9.17, 15) is 15.0 Å². The van der Waals surface area contributed by atoms with Gasteiger partial charge >= 0.3 is 0 Å². The second-order valence-electron chi connectivity index (χ2n) is 4.88. The summed E-state index contributed by atoms with van der Waals surface area (Å²) in [6.07, 6.45) is 4.37. The first-order valence-electron chi connectivity index (χ1n) is 5.80. The fourth-order valence-electron chi connectivity index (χ4n) is 3.17. The van der Waals surface area contributed by atoms with Crippen LogP contribution in [0.4, 0.5) is 0 Å². The largest absolute Gasteiger partial charge is 0.503 e. The zero-order chi connectivity index (χ0) is 11.3. The van der Waals surface area contributed by atoms with Gasteiger partial charge in [0.2, 0.25) is 0 Å². The van der Waals surface area contributed by atoms with Gasteiger partial charge in [-0.1, -0.05) is 6.42 Å². The summed E-state index contributed by atoms with van der Waals surface area (Å²) in [5, 5.41) is 20.1. The molecule has 2 atom stereocenters. The second kappa shape index (κ2) is 3.10. The number of rotatable bonds is 0. The summed E-state index contributed by atoms with van der Waals surface area (Å²) >= 11 is 0. The van der Waals surface area contributed by atoms with E-state index in [1.165, 1.54) is 10.6 Å². The maximum Gasteiger partial charge on any atom is 0.295 e. The monoisotopic (exact) mass is 221 g/mol. The molecule has 1 aromatic heterocycles. The molecule has 1 aromatic rings. The minimum Gasteiger partial charge on any atom is -0.503 e. The number of nitrogens with zero attached hydrogens (tertiary/aromatic N) is 1. The van der Waals surface area contributed by atoms with Gasteiger partial charge in [-0.05, 0) is 37.8 Å². The highest BCUT2D eigenvalue weighted by Crippen LogP contribution is 2.44. The topological polar surface area (TPSA) is 62.5 Å². The van der Waals surface area contributed by atoms with Crippen molar-refractivity contribution >= 4 is 0 Å². The molecule has 0 amide bonds. The first kappa shape index (κ1) is 9.90. The first-order valence-corrected chi connectivity index (χ1v) is 5.80. The van der Waals surface area contributed by atoms with Gasteiger partial charge in [0.15, 0.2) is 5.75 Å². The van der Waals surface area contributed by atoms with Gasteiger partial charge in [-0.15, -0.1) is 0 Å². The molecule has 2 unspecified atom stereocenters. The van der Waals surface area contributed by atoms with Crippen LogP contribution in [0.1, 0.15) is 31.4 Å². The van der Waals surface area contributed by atoms with Crippen molar-refractivity contribution in [1.82, 2.24) is 4.57 Å². The molecule has 86 valence electrons. The Morgan fingerprint density at radius 2 is 2.19 bits per heavy atom. The fraction of sp³-hybridized carbons (Fsp3) is 0.583.